The molecule has 0 spiro atoms. The first-order chi connectivity index (χ1) is 6.07. The molecule has 0 aromatic heterocycles. The molecule has 0 aliphatic carbocycles. The second kappa shape index (κ2) is 6.20. The molecule has 0 unspecified atom stereocenters. The van der Waals surface area contributed by atoms with E-state index >= 15 is 0 Å². The topological polar surface area (TPSA) is 82.0 Å². The highest BCUT2D eigenvalue weighted by Gasteiger charge is 2.11. The Balaban J connectivity index is 3.78. The summed E-state index contributed by atoms with van der Waals surface area (Å²) in [7, 11) is 0. The van der Waals surface area contributed by atoms with E-state index in [0.29, 0.717) is 4.48 Å². The van der Waals surface area contributed by atoms with Gasteiger partial charge in [-0.1, -0.05) is 22.5 Å². The van der Waals surface area contributed by atoms with Gasteiger partial charge in [0, 0.05) is 11.0 Å². The average Bonchev–Trinajstić information content (AvgIpc) is 2.10. The lowest BCUT2D eigenvalue weighted by Crippen LogP contribution is -2.40. The van der Waals surface area contributed by atoms with Crippen LogP contribution in [-0.4, -0.2) is 24.9 Å². The fourth-order valence-electron chi connectivity index (χ4n) is 0.457. The lowest BCUT2D eigenvalue weighted by atomic mass is 10.5. The van der Waals surface area contributed by atoms with Crippen molar-refractivity contribution in [2.75, 3.05) is 13.1 Å². The van der Waals surface area contributed by atoms with Crippen molar-refractivity contribution in [3.05, 3.63) is 11.1 Å². The Bertz CT molecular complexity index is 269. The van der Waals surface area contributed by atoms with Gasteiger partial charge in [0.25, 0.3) is 0 Å². The summed E-state index contributed by atoms with van der Waals surface area (Å²) in [5.74, 6) is -1.61. The monoisotopic (exact) mass is 245 g/mol. The predicted octanol–water partition coefficient (Wildman–Crippen LogP) is -0.349. The van der Waals surface area contributed by atoms with Crippen molar-refractivity contribution in [1.82, 2.24) is 10.6 Å². The fraction of sp³-hybridized carbons (Fsp3) is 0.286. The molecule has 0 rings (SSSR count). The number of carbonyl (C=O) groups excluding carboxylic acids is 2. The molecule has 6 heteroatoms. The highest BCUT2D eigenvalue weighted by molar-refractivity contribution is 9.11. The molecule has 0 aliphatic heterocycles. The molecule has 5 nitrogen and oxygen atoms in total. The van der Waals surface area contributed by atoms with Gasteiger partial charge >= 0.3 is 11.8 Å². The van der Waals surface area contributed by atoms with Crippen molar-refractivity contribution in [1.29, 1.82) is 5.26 Å². The number of nitrogens with zero attached hydrogens (tertiary/aromatic N) is 1. The minimum absolute atomic E-state index is 0.179. The normalized spacial score (nSPS) is 8.31. The summed E-state index contributed by atoms with van der Waals surface area (Å²) in [6, 6.07) is 1.68. The Morgan fingerprint density at radius 1 is 1.38 bits per heavy atom. The summed E-state index contributed by atoms with van der Waals surface area (Å²) in [4.78, 5) is 21.7. The lowest BCUT2D eigenvalue weighted by molar-refractivity contribution is -0.138. The zero-order chi connectivity index (χ0) is 10.3. The fourth-order valence-corrected chi connectivity index (χ4v) is 0.597. The Morgan fingerprint density at radius 3 is 2.38 bits per heavy atom. The molecule has 13 heavy (non-hydrogen) atoms. The highest BCUT2D eigenvalue weighted by Crippen LogP contribution is 1.95. The zero-order valence-corrected chi connectivity index (χ0v) is 8.35. The van der Waals surface area contributed by atoms with Crippen molar-refractivity contribution in [3.63, 3.8) is 0 Å². The number of nitriles is 1. The molecule has 0 aromatic carbocycles. The standard InChI is InChI=1S/C7H8BrN3O2/c1-5(8)4-11-7(13)6(12)10-3-2-9/h1,3-4H2,(H,10,12)(H,11,13). The minimum atomic E-state index is -0.824. The maximum absolute atomic E-state index is 10.9. The van der Waals surface area contributed by atoms with Crippen LogP contribution in [0.15, 0.2) is 11.1 Å². The van der Waals surface area contributed by atoms with E-state index in [1.54, 1.807) is 6.07 Å². The van der Waals surface area contributed by atoms with Gasteiger partial charge in [0.2, 0.25) is 0 Å². The van der Waals surface area contributed by atoms with Gasteiger partial charge in [-0.3, -0.25) is 9.59 Å². The van der Waals surface area contributed by atoms with Gasteiger partial charge in [-0.25, -0.2) is 0 Å². The number of amides is 2. The van der Waals surface area contributed by atoms with E-state index in [0.717, 1.165) is 0 Å². The first kappa shape index (κ1) is 11.6. The van der Waals surface area contributed by atoms with Crippen LogP contribution < -0.4 is 10.6 Å². The van der Waals surface area contributed by atoms with Gasteiger partial charge in [-0.15, -0.1) is 0 Å². The minimum Gasteiger partial charge on any atom is -0.343 e. The van der Waals surface area contributed by atoms with Gasteiger partial charge in [0.1, 0.15) is 6.54 Å². The molecular formula is C7H8BrN3O2. The van der Waals surface area contributed by atoms with E-state index in [1.165, 1.54) is 0 Å². The summed E-state index contributed by atoms with van der Waals surface area (Å²) in [5, 5.41) is 12.5. The number of rotatable bonds is 3. The number of halogens is 1. The Labute approximate surface area is 83.9 Å². The smallest absolute Gasteiger partial charge is 0.310 e. The molecule has 0 aliphatic rings. The van der Waals surface area contributed by atoms with Crippen LogP contribution in [0.25, 0.3) is 0 Å². The van der Waals surface area contributed by atoms with Crippen LogP contribution in [0.1, 0.15) is 0 Å². The third kappa shape index (κ3) is 5.87. The Kier molecular flexibility index (Phi) is 5.55. The predicted molar refractivity (Wildman–Crippen MR) is 49.7 cm³/mol. The molecule has 0 aromatic rings. The molecule has 2 amide bonds. The van der Waals surface area contributed by atoms with Gasteiger partial charge in [-0.2, -0.15) is 5.26 Å². The van der Waals surface area contributed by atoms with Crippen molar-refractivity contribution < 1.29 is 9.59 Å². The van der Waals surface area contributed by atoms with E-state index in [9.17, 15) is 9.59 Å². The van der Waals surface area contributed by atoms with Crippen molar-refractivity contribution in [3.8, 4) is 6.07 Å². The summed E-state index contributed by atoms with van der Waals surface area (Å²) >= 11 is 3.01. The SMILES string of the molecule is C=C(Br)CNC(=O)C(=O)NCC#N. The van der Waals surface area contributed by atoms with Gasteiger partial charge in [0.05, 0.1) is 6.07 Å². The molecule has 0 saturated heterocycles. The number of hydrogen-bond acceptors (Lipinski definition) is 3. The number of nitrogens with one attached hydrogen (secondary N) is 2. The zero-order valence-electron chi connectivity index (χ0n) is 6.76. The Morgan fingerprint density at radius 2 is 1.92 bits per heavy atom. The molecule has 0 atom stereocenters. The quantitative estimate of drug-likeness (QED) is 0.527. The highest BCUT2D eigenvalue weighted by atomic mass is 79.9. The molecule has 0 bridgehead atoms. The second-order valence-electron chi connectivity index (χ2n) is 2.04. The molecular weight excluding hydrogens is 238 g/mol. The first-order valence-corrected chi connectivity index (χ1v) is 4.13. The molecule has 0 fully saturated rings. The van der Waals surface area contributed by atoms with Crippen molar-refractivity contribution >= 4 is 27.7 Å². The van der Waals surface area contributed by atoms with E-state index in [-0.39, 0.29) is 13.1 Å². The van der Waals surface area contributed by atoms with Gasteiger partial charge < -0.3 is 10.6 Å². The summed E-state index contributed by atoms with van der Waals surface area (Å²) < 4.78 is 0.564. The third-order valence-corrected chi connectivity index (χ3v) is 1.26. The summed E-state index contributed by atoms with van der Waals surface area (Å²) in [6.07, 6.45) is 0. The Hall–Kier alpha value is -1.35. The van der Waals surface area contributed by atoms with Crippen LogP contribution in [0.2, 0.25) is 0 Å². The molecule has 0 radical (unpaired) electrons. The van der Waals surface area contributed by atoms with E-state index in [1.807, 2.05) is 0 Å². The summed E-state index contributed by atoms with van der Waals surface area (Å²) in [6.45, 7) is 3.47. The van der Waals surface area contributed by atoms with Gasteiger partial charge in [0.15, 0.2) is 0 Å². The van der Waals surface area contributed by atoms with Crippen LogP contribution in [0.5, 0.6) is 0 Å². The average molecular weight is 246 g/mol. The number of hydrogen-bond donors (Lipinski definition) is 2. The molecule has 2 N–H and O–H groups in total. The van der Waals surface area contributed by atoms with Gasteiger partial charge in [-0.05, 0) is 0 Å². The maximum Gasteiger partial charge on any atom is 0.310 e. The molecule has 0 saturated carbocycles. The van der Waals surface area contributed by atoms with E-state index < -0.39 is 11.8 Å². The van der Waals surface area contributed by atoms with Crippen LogP contribution in [0.3, 0.4) is 0 Å². The first-order valence-electron chi connectivity index (χ1n) is 3.34. The lowest BCUT2D eigenvalue weighted by Gasteiger charge is -2.02. The third-order valence-electron chi connectivity index (χ3n) is 0.975. The van der Waals surface area contributed by atoms with Crippen LogP contribution in [0.4, 0.5) is 0 Å². The van der Waals surface area contributed by atoms with Crippen LogP contribution in [0, 0.1) is 11.3 Å². The van der Waals surface area contributed by atoms with Crippen molar-refractivity contribution in [2.24, 2.45) is 0 Å². The van der Waals surface area contributed by atoms with Crippen molar-refractivity contribution in [2.45, 2.75) is 0 Å². The second-order valence-corrected chi connectivity index (χ2v) is 3.16. The number of carbonyl (C=O) groups is 2. The van der Waals surface area contributed by atoms with Crippen LogP contribution in [-0.2, 0) is 9.59 Å². The van der Waals surface area contributed by atoms with Crippen LogP contribution >= 0.6 is 15.9 Å². The molecule has 70 valence electrons. The maximum atomic E-state index is 10.9. The van der Waals surface area contributed by atoms with E-state index in [4.69, 9.17) is 5.26 Å². The summed E-state index contributed by atoms with van der Waals surface area (Å²) in [5.41, 5.74) is 0. The van der Waals surface area contributed by atoms with E-state index in [2.05, 4.69) is 33.1 Å². The largest absolute Gasteiger partial charge is 0.343 e. The molecule has 0 heterocycles.